The lowest BCUT2D eigenvalue weighted by molar-refractivity contribution is 0.0285. The van der Waals surface area contributed by atoms with E-state index in [1.807, 2.05) is 55.5 Å². The molecule has 32 heavy (non-hydrogen) atoms. The number of nitrogens with zero attached hydrogens (tertiary/aromatic N) is 2. The van der Waals surface area contributed by atoms with Crippen LogP contribution in [-0.2, 0) is 4.74 Å². The molecule has 1 aliphatic heterocycles. The van der Waals surface area contributed by atoms with Crippen molar-refractivity contribution in [1.82, 2.24) is 9.88 Å². The number of rotatable bonds is 4. The van der Waals surface area contributed by atoms with Crippen LogP contribution in [0.1, 0.15) is 25.9 Å². The van der Waals surface area contributed by atoms with Crippen molar-refractivity contribution >= 4 is 39.8 Å². The molecule has 0 unspecified atom stereocenters. The Balaban J connectivity index is 1.49. The van der Waals surface area contributed by atoms with Gasteiger partial charge in [0, 0.05) is 24.0 Å². The number of hydrogen-bond donors (Lipinski definition) is 1. The number of aromatic nitrogens is 1. The van der Waals surface area contributed by atoms with Gasteiger partial charge in [-0.1, -0.05) is 42.5 Å². The summed E-state index contributed by atoms with van der Waals surface area (Å²) in [5.74, 6) is -0.442. The Bertz CT molecular complexity index is 1290. The van der Waals surface area contributed by atoms with E-state index in [1.54, 1.807) is 11.0 Å². The van der Waals surface area contributed by atoms with Gasteiger partial charge in [-0.2, -0.15) is 0 Å². The molecule has 0 bridgehead atoms. The summed E-state index contributed by atoms with van der Waals surface area (Å²) in [4.78, 5) is 33.2. The SMILES string of the molecule is Cc1nc(-c2ccccc2)sc1C(=O)Nc1c(C(=O)N2CCOCC2)oc2ccccc12. The molecule has 1 aliphatic rings. The number of furan rings is 1. The lowest BCUT2D eigenvalue weighted by Gasteiger charge is -2.26. The van der Waals surface area contributed by atoms with E-state index in [-0.39, 0.29) is 17.6 Å². The van der Waals surface area contributed by atoms with E-state index >= 15 is 0 Å². The van der Waals surface area contributed by atoms with Gasteiger partial charge in [0.05, 0.1) is 18.9 Å². The number of para-hydroxylation sites is 1. The van der Waals surface area contributed by atoms with Crippen molar-refractivity contribution < 1.29 is 18.7 Å². The number of fused-ring (bicyclic) bond motifs is 1. The Hall–Kier alpha value is -3.49. The molecule has 0 atom stereocenters. The lowest BCUT2D eigenvalue weighted by Crippen LogP contribution is -2.40. The normalized spacial score (nSPS) is 14.0. The molecule has 7 nitrogen and oxygen atoms in total. The maximum atomic E-state index is 13.2. The van der Waals surface area contributed by atoms with Crippen LogP contribution in [0.3, 0.4) is 0 Å². The summed E-state index contributed by atoms with van der Waals surface area (Å²) in [7, 11) is 0. The third-order valence-corrected chi connectivity index (χ3v) is 6.56. The fraction of sp³-hybridized carbons (Fsp3) is 0.208. The summed E-state index contributed by atoms with van der Waals surface area (Å²) in [6.45, 7) is 3.74. The van der Waals surface area contributed by atoms with Crippen LogP contribution in [0, 0.1) is 6.92 Å². The molecular weight excluding hydrogens is 426 g/mol. The number of nitrogens with one attached hydrogen (secondary N) is 1. The molecule has 2 aromatic carbocycles. The maximum Gasteiger partial charge on any atom is 0.291 e. The minimum Gasteiger partial charge on any atom is -0.449 e. The molecule has 5 rings (SSSR count). The number of anilines is 1. The van der Waals surface area contributed by atoms with Gasteiger partial charge in [0.15, 0.2) is 0 Å². The lowest BCUT2D eigenvalue weighted by atomic mass is 10.2. The van der Waals surface area contributed by atoms with Gasteiger partial charge in [-0.3, -0.25) is 9.59 Å². The average molecular weight is 448 g/mol. The standard InChI is InChI=1S/C24H21N3O4S/c1-15-21(32-23(25-15)16-7-3-2-4-8-16)22(28)26-19-17-9-5-6-10-18(17)31-20(19)24(29)27-11-13-30-14-12-27/h2-10H,11-14H2,1H3,(H,26,28). The number of amides is 2. The van der Waals surface area contributed by atoms with Gasteiger partial charge >= 0.3 is 0 Å². The second-order valence-electron chi connectivity index (χ2n) is 7.46. The second-order valence-corrected chi connectivity index (χ2v) is 8.46. The van der Waals surface area contributed by atoms with Crippen LogP contribution in [0.4, 0.5) is 5.69 Å². The van der Waals surface area contributed by atoms with Crippen molar-refractivity contribution in [2.24, 2.45) is 0 Å². The summed E-state index contributed by atoms with van der Waals surface area (Å²) in [6, 6.07) is 17.0. The highest BCUT2D eigenvalue weighted by Gasteiger charge is 2.28. The van der Waals surface area contributed by atoms with Gasteiger partial charge in [-0.05, 0) is 19.1 Å². The number of benzene rings is 2. The molecule has 0 spiro atoms. The van der Waals surface area contributed by atoms with Crippen LogP contribution >= 0.6 is 11.3 Å². The molecule has 8 heteroatoms. The summed E-state index contributed by atoms with van der Waals surface area (Å²) < 4.78 is 11.2. The number of aryl methyl sites for hydroxylation is 1. The van der Waals surface area contributed by atoms with Crippen molar-refractivity contribution in [1.29, 1.82) is 0 Å². The minimum absolute atomic E-state index is 0.131. The summed E-state index contributed by atoms with van der Waals surface area (Å²) in [5.41, 5.74) is 2.53. The van der Waals surface area contributed by atoms with Gasteiger partial charge in [-0.15, -0.1) is 11.3 Å². The molecule has 1 fully saturated rings. The van der Waals surface area contributed by atoms with E-state index < -0.39 is 0 Å². The number of carbonyl (C=O) groups is 2. The summed E-state index contributed by atoms with van der Waals surface area (Å²) in [5, 5.41) is 4.39. The Morgan fingerprint density at radius 1 is 1.03 bits per heavy atom. The number of carbonyl (C=O) groups excluding carboxylic acids is 2. The molecule has 0 radical (unpaired) electrons. The molecular formula is C24H21N3O4S. The highest BCUT2D eigenvalue weighted by atomic mass is 32.1. The fourth-order valence-corrected chi connectivity index (χ4v) is 4.68. The van der Waals surface area contributed by atoms with Gasteiger partial charge in [0.25, 0.3) is 11.8 Å². The molecule has 2 aromatic heterocycles. The third kappa shape index (κ3) is 3.79. The smallest absolute Gasteiger partial charge is 0.291 e. The number of morpholine rings is 1. The van der Waals surface area contributed by atoms with E-state index in [9.17, 15) is 9.59 Å². The van der Waals surface area contributed by atoms with Gasteiger partial charge in [-0.25, -0.2) is 4.98 Å². The summed E-state index contributed by atoms with van der Waals surface area (Å²) >= 11 is 1.32. The Labute approximate surface area is 188 Å². The molecule has 1 N–H and O–H groups in total. The third-order valence-electron chi connectivity index (χ3n) is 5.35. The minimum atomic E-state index is -0.315. The second kappa shape index (κ2) is 8.57. The van der Waals surface area contributed by atoms with Crippen molar-refractivity contribution in [3.8, 4) is 10.6 Å². The first-order valence-electron chi connectivity index (χ1n) is 10.3. The van der Waals surface area contributed by atoms with Gasteiger partial charge < -0.3 is 19.4 Å². The predicted octanol–water partition coefficient (Wildman–Crippen LogP) is 4.59. The van der Waals surface area contributed by atoms with Crippen molar-refractivity contribution in [2.75, 3.05) is 31.6 Å². The van der Waals surface area contributed by atoms with Crippen LogP contribution in [0.5, 0.6) is 0 Å². The van der Waals surface area contributed by atoms with Crippen molar-refractivity contribution in [3.63, 3.8) is 0 Å². The van der Waals surface area contributed by atoms with E-state index in [0.717, 1.165) is 10.6 Å². The highest BCUT2D eigenvalue weighted by molar-refractivity contribution is 7.17. The van der Waals surface area contributed by atoms with Gasteiger partial charge in [0.2, 0.25) is 5.76 Å². The largest absolute Gasteiger partial charge is 0.449 e. The van der Waals surface area contributed by atoms with Crippen LogP contribution in [-0.4, -0.2) is 48.0 Å². The van der Waals surface area contributed by atoms with Gasteiger partial charge in [0.1, 0.15) is 21.2 Å². The zero-order valence-electron chi connectivity index (χ0n) is 17.5. The zero-order valence-corrected chi connectivity index (χ0v) is 18.3. The summed E-state index contributed by atoms with van der Waals surface area (Å²) in [6.07, 6.45) is 0. The van der Waals surface area contributed by atoms with Crippen molar-refractivity contribution in [3.05, 3.63) is 70.9 Å². The van der Waals surface area contributed by atoms with E-state index in [1.165, 1.54) is 11.3 Å². The number of ether oxygens (including phenoxy) is 1. The molecule has 0 aliphatic carbocycles. The molecule has 2 amide bonds. The van der Waals surface area contributed by atoms with E-state index in [4.69, 9.17) is 9.15 Å². The Morgan fingerprint density at radius 3 is 2.53 bits per heavy atom. The van der Waals surface area contributed by atoms with E-state index in [0.29, 0.717) is 53.5 Å². The monoisotopic (exact) mass is 447 g/mol. The first-order valence-corrected chi connectivity index (χ1v) is 11.2. The fourth-order valence-electron chi connectivity index (χ4n) is 3.71. The Morgan fingerprint density at radius 2 is 1.75 bits per heavy atom. The van der Waals surface area contributed by atoms with Crippen LogP contribution in [0.25, 0.3) is 21.5 Å². The molecule has 4 aromatic rings. The average Bonchev–Trinajstić information content (AvgIpc) is 3.40. The maximum absolute atomic E-state index is 13.2. The van der Waals surface area contributed by atoms with Crippen LogP contribution < -0.4 is 5.32 Å². The Kier molecular flexibility index (Phi) is 5.46. The van der Waals surface area contributed by atoms with Crippen LogP contribution in [0.15, 0.2) is 59.0 Å². The predicted molar refractivity (Wildman–Crippen MR) is 123 cm³/mol. The topological polar surface area (TPSA) is 84.7 Å². The highest BCUT2D eigenvalue weighted by Crippen LogP contribution is 2.34. The quantitative estimate of drug-likeness (QED) is 0.495. The first kappa shape index (κ1) is 20.4. The number of hydrogen-bond acceptors (Lipinski definition) is 6. The van der Waals surface area contributed by atoms with Crippen molar-refractivity contribution in [2.45, 2.75) is 6.92 Å². The van der Waals surface area contributed by atoms with E-state index in [2.05, 4.69) is 10.3 Å². The zero-order chi connectivity index (χ0) is 22.1. The molecule has 3 heterocycles. The molecule has 162 valence electrons. The molecule has 0 saturated carbocycles. The molecule has 1 saturated heterocycles. The van der Waals surface area contributed by atoms with Crippen LogP contribution in [0.2, 0.25) is 0 Å². The number of thiazole rings is 1. The first-order chi connectivity index (χ1) is 15.6.